The maximum absolute atomic E-state index is 13.6. The number of para-hydroxylation sites is 1. The SMILES string of the molecule is COC[C@H](OC)C(=O)N1CCC[C@@H](NC(=O)c2sc3nccc4c3c2NC(=O)N4c2ccc(Oc3ccccc3)cc2C)C1. The molecule has 228 valence electrons. The van der Waals surface area contributed by atoms with Gasteiger partial charge in [-0.15, -0.1) is 11.3 Å². The molecule has 0 unspecified atom stereocenters. The van der Waals surface area contributed by atoms with Crippen molar-refractivity contribution >= 4 is 56.5 Å². The highest BCUT2D eigenvalue weighted by Gasteiger charge is 2.35. The number of benzene rings is 2. The number of amides is 4. The van der Waals surface area contributed by atoms with E-state index in [-0.39, 0.29) is 30.5 Å². The van der Waals surface area contributed by atoms with E-state index in [0.717, 1.165) is 24.2 Å². The maximum Gasteiger partial charge on any atom is 0.331 e. The molecule has 2 aromatic carbocycles. The van der Waals surface area contributed by atoms with Crippen molar-refractivity contribution in [1.82, 2.24) is 15.2 Å². The number of pyridine rings is 1. The Labute approximate surface area is 258 Å². The summed E-state index contributed by atoms with van der Waals surface area (Å²) in [5, 5.41) is 6.74. The van der Waals surface area contributed by atoms with Gasteiger partial charge in [0.05, 0.1) is 29.1 Å². The molecule has 2 aliphatic rings. The molecule has 0 radical (unpaired) electrons. The first-order chi connectivity index (χ1) is 21.4. The molecule has 0 bridgehead atoms. The third kappa shape index (κ3) is 5.71. The standard InChI is InChI=1S/C32H33N5O6S/c1-19-16-22(43-21-9-5-4-6-10-21)11-12-23(19)37-24-13-14-33-30-26(24)27(35-32(37)40)28(44-30)29(38)34-20-8-7-15-36(17-20)31(39)25(42-3)18-41-2/h4-6,9-14,16,20,25H,7-8,15,17-18H2,1-3H3,(H,34,38)(H,35,40)/t20-,25+/m1/s1. The fraction of sp³-hybridized carbons (Fsp3) is 0.312. The Bertz CT molecular complexity index is 1710. The lowest BCUT2D eigenvalue weighted by Gasteiger charge is -2.35. The highest BCUT2D eigenvalue weighted by molar-refractivity contribution is 7.21. The smallest absolute Gasteiger partial charge is 0.331 e. The minimum absolute atomic E-state index is 0.158. The van der Waals surface area contributed by atoms with Crippen LogP contribution in [-0.2, 0) is 14.3 Å². The number of hydrogen-bond donors (Lipinski definition) is 2. The van der Waals surface area contributed by atoms with E-state index in [1.165, 1.54) is 25.6 Å². The first-order valence-electron chi connectivity index (χ1n) is 14.4. The summed E-state index contributed by atoms with van der Waals surface area (Å²) in [6, 6.07) is 16.2. The molecule has 0 saturated carbocycles. The summed E-state index contributed by atoms with van der Waals surface area (Å²) in [6.07, 6.45) is 2.42. The predicted molar refractivity (Wildman–Crippen MR) is 168 cm³/mol. The number of anilines is 3. The average Bonchev–Trinajstić information content (AvgIpc) is 3.40. The van der Waals surface area contributed by atoms with Gasteiger partial charge in [0, 0.05) is 39.5 Å². The molecule has 12 heteroatoms. The summed E-state index contributed by atoms with van der Waals surface area (Å²) in [5.74, 6) is 0.893. The van der Waals surface area contributed by atoms with Crippen LogP contribution in [0.25, 0.3) is 10.2 Å². The van der Waals surface area contributed by atoms with Gasteiger partial charge in [-0.05, 0) is 61.7 Å². The Morgan fingerprint density at radius 1 is 1.11 bits per heavy atom. The fourth-order valence-corrected chi connectivity index (χ4v) is 6.71. The lowest BCUT2D eigenvalue weighted by molar-refractivity contribution is -0.146. The molecule has 6 rings (SSSR count). The largest absolute Gasteiger partial charge is 0.457 e. The van der Waals surface area contributed by atoms with Crippen LogP contribution in [0.3, 0.4) is 0 Å². The molecule has 2 aliphatic heterocycles. The zero-order valence-electron chi connectivity index (χ0n) is 24.7. The third-order valence-electron chi connectivity index (χ3n) is 7.79. The number of urea groups is 1. The number of aromatic nitrogens is 1. The Morgan fingerprint density at radius 2 is 1.93 bits per heavy atom. The number of nitrogens with zero attached hydrogens (tertiary/aromatic N) is 3. The predicted octanol–water partition coefficient (Wildman–Crippen LogP) is 5.46. The van der Waals surface area contributed by atoms with Crippen LogP contribution >= 0.6 is 11.3 Å². The van der Waals surface area contributed by atoms with Gasteiger partial charge in [-0.2, -0.15) is 0 Å². The molecule has 11 nitrogen and oxygen atoms in total. The van der Waals surface area contributed by atoms with Gasteiger partial charge < -0.3 is 29.7 Å². The van der Waals surface area contributed by atoms with Crippen molar-refractivity contribution in [2.75, 3.05) is 44.1 Å². The zero-order valence-corrected chi connectivity index (χ0v) is 25.5. The number of carbonyl (C=O) groups is 3. The van der Waals surface area contributed by atoms with Crippen LogP contribution in [0.1, 0.15) is 28.1 Å². The van der Waals surface area contributed by atoms with E-state index in [4.69, 9.17) is 14.2 Å². The average molecular weight is 616 g/mol. The van der Waals surface area contributed by atoms with Crippen LogP contribution in [0.5, 0.6) is 11.5 Å². The highest BCUT2D eigenvalue weighted by Crippen LogP contribution is 2.46. The molecule has 1 saturated heterocycles. The Kier molecular flexibility index (Phi) is 8.47. The number of likely N-dealkylation sites (tertiary alicyclic amines) is 1. The number of carbonyl (C=O) groups excluding carboxylic acids is 3. The van der Waals surface area contributed by atoms with Gasteiger partial charge in [0.1, 0.15) is 21.2 Å². The molecule has 4 aromatic rings. The molecule has 2 aromatic heterocycles. The van der Waals surface area contributed by atoms with E-state index in [1.54, 1.807) is 22.1 Å². The summed E-state index contributed by atoms with van der Waals surface area (Å²) >= 11 is 1.23. The number of thiophene rings is 1. The molecule has 44 heavy (non-hydrogen) atoms. The number of piperidine rings is 1. The zero-order chi connectivity index (χ0) is 30.8. The summed E-state index contributed by atoms with van der Waals surface area (Å²) < 4.78 is 16.4. The monoisotopic (exact) mass is 615 g/mol. The van der Waals surface area contributed by atoms with Crippen molar-refractivity contribution in [2.45, 2.75) is 31.9 Å². The quantitative estimate of drug-likeness (QED) is 0.256. The molecular formula is C32H33N5O6S. The van der Waals surface area contributed by atoms with Gasteiger partial charge in [-0.25, -0.2) is 9.78 Å². The molecule has 1 fully saturated rings. The van der Waals surface area contributed by atoms with E-state index in [0.29, 0.717) is 51.0 Å². The van der Waals surface area contributed by atoms with Crippen molar-refractivity contribution in [3.63, 3.8) is 0 Å². The van der Waals surface area contributed by atoms with Gasteiger partial charge in [-0.1, -0.05) is 18.2 Å². The number of ether oxygens (including phenoxy) is 3. The maximum atomic E-state index is 13.6. The van der Waals surface area contributed by atoms with Crippen molar-refractivity contribution < 1.29 is 28.6 Å². The van der Waals surface area contributed by atoms with E-state index in [2.05, 4.69) is 15.6 Å². The summed E-state index contributed by atoms with van der Waals surface area (Å²) in [6.45, 7) is 3.02. The second-order valence-electron chi connectivity index (χ2n) is 10.7. The highest BCUT2D eigenvalue weighted by atomic mass is 32.1. The Balaban J connectivity index is 1.24. The van der Waals surface area contributed by atoms with Gasteiger partial charge in [0.15, 0.2) is 6.10 Å². The lowest BCUT2D eigenvalue weighted by Crippen LogP contribution is -2.52. The van der Waals surface area contributed by atoms with Crippen molar-refractivity contribution in [2.24, 2.45) is 0 Å². The van der Waals surface area contributed by atoms with Crippen molar-refractivity contribution in [1.29, 1.82) is 0 Å². The van der Waals surface area contributed by atoms with E-state index < -0.39 is 6.10 Å². The van der Waals surface area contributed by atoms with Gasteiger partial charge in [0.25, 0.3) is 11.8 Å². The second kappa shape index (κ2) is 12.6. The fourth-order valence-electron chi connectivity index (χ4n) is 5.69. The molecular weight excluding hydrogens is 582 g/mol. The van der Waals surface area contributed by atoms with E-state index in [9.17, 15) is 14.4 Å². The molecule has 2 atom stereocenters. The van der Waals surface area contributed by atoms with Crippen LogP contribution in [0, 0.1) is 6.92 Å². The van der Waals surface area contributed by atoms with Crippen molar-refractivity contribution in [3.05, 3.63) is 71.2 Å². The number of rotatable bonds is 9. The minimum Gasteiger partial charge on any atom is -0.457 e. The molecule has 2 N–H and O–H groups in total. The number of aryl methyl sites for hydroxylation is 1. The Hall–Kier alpha value is -4.52. The van der Waals surface area contributed by atoms with Crippen LogP contribution in [0.15, 0.2) is 60.8 Å². The normalized spacial score (nSPS) is 16.9. The van der Waals surface area contributed by atoms with Crippen LogP contribution in [0.4, 0.5) is 21.9 Å². The Morgan fingerprint density at radius 3 is 2.68 bits per heavy atom. The summed E-state index contributed by atoms with van der Waals surface area (Å²) in [4.78, 5) is 49.0. The lowest BCUT2D eigenvalue weighted by atomic mass is 10.0. The van der Waals surface area contributed by atoms with Gasteiger partial charge in [0.2, 0.25) is 0 Å². The number of hydrogen-bond acceptors (Lipinski definition) is 8. The van der Waals surface area contributed by atoms with Crippen molar-refractivity contribution in [3.8, 4) is 11.5 Å². The minimum atomic E-state index is -0.694. The number of nitrogens with one attached hydrogen (secondary N) is 2. The second-order valence-corrected chi connectivity index (χ2v) is 11.7. The molecule has 0 spiro atoms. The van der Waals surface area contributed by atoms with E-state index >= 15 is 0 Å². The molecule has 4 amide bonds. The summed E-state index contributed by atoms with van der Waals surface area (Å²) in [5.41, 5.74) is 2.61. The molecule has 4 heterocycles. The topological polar surface area (TPSA) is 122 Å². The van der Waals surface area contributed by atoms with Gasteiger partial charge >= 0.3 is 6.03 Å². The van der Waals surface area contributed by atoms with Crippen LogP contribution < -0.4 is 20.3 Å². The first kappa shape index (κ1) is 29.5. The number of methoxy groups -OCH3 is 2. The van der Waals surface area contributed by atoms with Gasteiger partial charge in [-0.3, -0.25) is 14.5 Å². The van der Waals surface area contributed by atoms with Crippen LogP contribution in [0.2, 0.25) is 0 Å². The first-order valence-corrected chi connectivity index (χ1v) is 15.2. The third-order valence-corrected chi connectivity index (χ3v) is 8.88. The summed E-state index contributed by atoms with van der Waals surface area (Å²) in [7, 11) is 3.00. The molecule has 0 aliphatic carbocycles. The van der Waals surface area contributed by atoms with Crippen LogP contribution in [-0.4, -0.2) is 73.8 Å². The van der Waals surface area contributed by atoms with E-state index in [1.807, 2.05) is 55.5 Å².